The standard InChI is InChI=1S/C24H26N8O3/c1-15-10-22(28-24(34)35)27-17(3)20(15)11-25-23(33)21-14-31(30-29-21)12-18-4-6-19(7-5-18)13-32-16(2)8-9-26-32/h4-10,14H,11-13H2,1-3H3,(H,25,33)(H,27,28)(H,34,35). The molecule has 0 unspecified atom stereocenters. The van der Waals surface area contributed by atoms with Gasteiger partial charge < -0.3 is 10.4 Å². The van der Waals surface area contributed by atoms with E-state index in [0.29, 0.717) is 18.8 Å². The van der Waals surface area contributed by atoms with Crippen molar-refractivity contribution in [3.8, 4) is 0 Å². The zero-order valence-electron chi connectivity index (χ0n) is 19.7. The molecule has 0 aliphatic carbocycles. The summed E-state index contributed by atoms with van der Waals surface area (Å²) in [7, 11) is 0. The average Bonchev–Trinajstić information content (AvgIpc) is 3.43. The Morgan fingerprint density at radius 1 is 1.03 bits per heavy atom. The van der Waals surface area contributed by atoms with E-state index in [1.165, 1.54) is 0 Å². The number of pyridine rings is 1. The van der Waals surface area contributed by atoms with Crippen LogP contribution in [0.25, 0.3) is 0 Å². The van der Waals surface area contributed by atoms with Crippen molar-refractivity contribution in [2.45, 2.75) is 40.4 Å². The van der Waals surface area contributed by atoms with Gasteiger partial charge in [0.05, 0.1) is 19.3 Å². The van der Waals surface area contributed by atoms with E-state index in [4.69, 9.17) is 5.11 Å². The quantitative estimate of drug-likeness (QED) is 0.357. The number of aryl methyl sites for hydroxylation is 3. The number of benzene rings is 1. The van der Waals surface area contributed by atoms with Gasteiger partial charge in [-0.15, -0.1) is 5.10 Å². The van der Waals surface area contributed by atoms with Gasteiger partial charge in [-0.3, -0.25) is 14.8 Å². The number of carbonyl (C=O) groups excluding carboxylic acids is 1. The molecule has 0 saturated carbocycles. The fraction of sp³-hybridized carbons (Fsp3) is 0.250. The molecule has 0 saturated heterocycles. The van der Waals surface area contributed by atoms with Gasteiger partial charge in [-0.1, -0.05) is 29.5 Å². The van der Waals surface area contributed by atoms with Crippen molar-refractivity contribution in [1.82, 2.24) is 35.1 Å². The van der Waals surface area contributed by atoms with E-state index in [1.54, 1.807) is 30.1 Å². The summed E-state index contributed by atoms with van der Waals surface area (Å²) in [6.45, 7) is 7.05. The predicted molar refractivity (Wildman–Crippen MR) is 128 cm³/mol. The predicted octanol–water partition coefficient (Wildman–Crippen LogP) is 2.91. The number of carboxylic acid groups (broad SMARTS) is 1. The van der Waals surface area contributed by atoms with Crippen LogP contribution in [0.4, 0.5) is 10.6 Å². The van der Waals surface area contributed by atoms with E-state index in [1.807, 2.05) is 36.7 Å². The highest BCUT2D eigenvalue weighted by molar-refractivity contribution is 5.91. The highest BCUT2D eigenvalue weighted by atomic mass is 16.4. The van der Waals surface area contributed by atoms with E-state index >= 15 is 0 Å². The second kappa shape index (κ2) is 10.2. The number of anilines is 1. The van der Waals surface area contributed by atoms with E-state index in [9.17, 15) is 9.59 Å². The van der Waals surface area contributed by atoms with Crippen LogP contribution >= 0.6 is 0 Å². The van der Waals surface area contributed by atoms with E-state index < -0.39 is 6.09 Å². The largest absolute Gasteiger partial charge is 0.465 e. The third-order valence-electron chi connectivity index (χ3n) is 5.61. The molecule has 3 N–H and O–H groups in total. The zero-order chi connectivity index (χ0) is 24.9. The smallest absolute Gasteiger partial charge is 0.410 e. The number of carbonyl (C=O) groups is 2. The molecule has 11 nitrogen and oxygen atoms in total. The molecule has 3 heterocycles. The second-order valence-corrected chi connectivity index (χ2v) is 8.25. The molecule has 2 amide bonds. The lowest BCUT2D eigenvalue weighted by Crippen LogP contribution is -2.24. The average molecular weight is 475 g/mol. The molecule has 0 spiro atoms. The lowest BCUT2D eigenvalue weighted by atomic mass is 10.1. The summed E-state index contributed by atoms with van der Waals surface area (Å²) in [6, 6.07) is 11.8. The van der Waals surface area contributed by atoms with E-state index in [0.717, 1.165) is 27.9 Å². The number of amides is 2. The topological polar surface area (TPSA) is 140 Å². The van der Waals surface area contributed by atoms with Gasteiger partial charge in [0.25, 0.3) is 5.91 Å². The fourth-order valence-corrected chi connectivity index (χ4v) is 3.71. The van der Waals surface area contributed by atoms with Gasteiger partial charge >= 0.3 is 6.09 Å². The van der Waals surface area contributed by atoms with Gasteiger partial charge in [-0.25, -0.2) is 14.5 Å². The molecule has 11 heteroatoms. The Labute approximate surface area is 201 Å². The number of aromatic nitrogens is 6. The summed E-state index contributed by atoms with van der Waals surface area (Å²) in [5, 5.41) is 26.3. The van der Waals surface area contributed by atoms with Crippen molar-refractivity contribution in [2.24, 2.45) is 0 Å². The van der Waals surface area contributed by atoms with Gasteiger partial charge in [0, 0.05) is 24.1 Å². The Kier molecular flexibility index (Phi) is 6.86. The number of hydrogen-bond donors (Lipinski definition) is 3. The summed E-state index contributed by atoms with van der Waals surface area (Å²) in [5.74, 6) is -0.109. The zero-order valence-corrected chi connectivity index (χ0v) is 19.7. The summed E-state index contributed by atoms with van der Waals surface area (Å²) in [6.07, 6.45) is 2.21. The Morgan fingerprint density at radius 2 is 1.74 bits per heavy atom. The van der Waals surface area contributed by atoms with Crippen molar-refractivity contribution in [1.29, 1.82) is 0 Å². The van der Waals surface area contributed by atoms with E-state index in [2.05, 4.69) is 43.2 Å². The fourth-order valence-electron chi connectivity index (χ4n) is 3.71. The lowest BCUT2D eigenvalue weighted by molar-refractivity contribution is 0.0945. The van der Waals surface area contributed by atoms with Gasteiger partial charge in [0.1, 0.15) is 5.82 Å². The van der Waals surface area contributed by atoms with Gasteiger partial charge in [-0.05, 0) is 55.2 Å². The molecule has 0 radical (unpaired) electrons. The van der Waals surface area contributed by atoms with Crippen LogP contribution in [0, 0.1) is 20.8 Å². The molecule has 0 aliphatic rings. The van der Waals surface area contributed by atoms with Gasteiger partial charge in [0.2, 0.25) is 0 Å². The molecular formula is C24H26N8O3. The molecule has 180 valence electrons. The first kappa shape index (κ1) is 23.6. The highest BCUT2D eigenvalue weighted by Gasteiger charge is 2.14. The van der Waals surface area contributed by atoms with Crippen LogP contribution in [0.1, 0.15) is 44.1 Å². The lowest BCUT2D eigenvalue weighted by Gasteiger charge is -2.12. The summed E-state index contributed by atoms with van der Waals surface area (Å²) >= 11 is 0. The molecule has 0 atom stereocenters. The van der Waals surface area contributed by atoms with Crippen LogP contribution in [0.3, 0.4) is 0 Å². The Morgan fingerprint density at radius 3 is 2.37 bits per heavy atom. The molecule has 1 aromatic carbocycles. The molecular weight excluding hydrogens is 448 g/mol. The van der Waals surface area contributed by atoms with Crippen LogP contribution in [-0.2, 0) is 19.6 Å². The highest BCUT2D eigenvalue weighted by Crippen LogP contribution is 2.17. The number of rotatable bonds is 8. The normalized spacial score (nSPS) is 10.8. The third-order valence-corrected chi connectivity index (χ3v) is 5.61. The minimum absolute atomic E-state index is 0.211. The van der Waals surface area contributed by atoms with E-state index in [-0.39, 0.29) is 24.0 Å². The summed E-state index contributed by atoms with van der Waals surface area (Å²) < 4.78 is 3.56. The van der Waals surface area contributed by atoms with Crippen LogP contribution in [0.5, 0.6) is 0 Å². The minimum atomic E-state index is -1.18. The maximum absolute atomic E-state index is 12.6. The molecule has 3 aromatic heterocycles. The number of hydrogen-bond acceptors (Lipinski definition) is 6. The van der Waals surface area contributed by atoms with Crippen LogP contribution < -0.4 is 10.6 Å². The third kappa shape index (κ3) is 5.88. The number of nitrogens with one attached hydrogen (secondary N) is 2. The monoisotopic (exact) mass is 474 g/mol. The van der Waals surface area contributed by atoms with Crippen molar-refractivity contribution in [3.05, 3.63) is 88.1 Å². The van der Waals surface area contributed by atoms with Crippen LogP contribution in [-0.4, -0.2) is 46.9 Å². The number of nitrogens with zero attached hydrogens (tertiary/aromatic N) is 6. The van der Waals surface area contributed by atoms with Crippen LogP contribution in [0.2, 0.25) is 0 Å². The molecule has 0 aliphatic heterocycles. The first-order chi connectivity index (χ1) is 16.8. The first-order valence-corrected chi connectivity index (χ1v) is 11.0. The molecule has 0 bridgehead atoms. The maximum atomic E-state index is 12.6. The summed E-state index contributed by atoms with van der Waals surface area (Å²) in [4.78, 5) is 27.6. The molecule has 35 heavy (non-hydrogen) atoms. The Bertz CT molecular complexity index is 1330. The second-order valence-electron chi connectivity index (χ2n) is 8.25. The molecule has 0 fully saturated rings. The van der Waals surface area contributed by atoms with Crippen LogP contribution in [0.15, 0.2) is 48.8 Å². The summed E-state index contributed by atoms with van der Waals surface area (Å²) in [5.41, 5.74) is 5.76. The van der Waals surface area contributed by atoms with Gasteiger partial charge in [0.15, 0.2) is 5.69 Å². The Balaban J connectivity index is 1.34. The molecule has 4 rings (SSSR count). The SMILES string of the molecule is Cc1cc(NC(=O)O)nc(C)c1CNC(=O)c1cn(Cc2ccc(Cn3nccc3C)cc2)nn1. The maximum Gasteiger partial charge on any atom is 0.410 e. The van der Waals surface area contributed by atoms with Gasteiger partial charge in [-0.2, -0.15) is 5.10 Å². The van der Waals surface area contributed by atoms with Crippen molar-refractivity contribution in [3.63, 3.8) is 0 Å². The van der Waals surface area contributed by atoms with Crippen molar-refractivity contribution >= 4 is 17.8 Å². The minimum Gasteiger partial charge on any atom is -0.465 e. The molecule has 4 aromatic rings. The first-order valence-electron chi connectivity index (χ1n) is 11.0. The Hall–Kier alpha value is -4.54. The van der Waals surface area contributed by atoms with Crippen molar-refractivity contribution < 1.29 is 14.7 Å². The van der Waals surface area contributed by atoms with Crippen molar-refractivity contribution in [2.75, 3.05) is 5.32 Å².